The summed E-state index contributed by atoms with van der Waals surface area (Å²) >= 11 is 6.84. The molecule has 1 amide bonds. The maximum Gasteiger partial charge on any atom is 0.322 e. The van der Waals surface area contributed by atoms with E-state index in [1.807, 2.05) is 0 Å². The third-order valence-corrected chi connectivity index (χ3v) is 7.86. The van der Waals surface area contributed by atoms with E-state index in [0.717, 1.165) is 17.8 Å². The zero-order valence-electron chi connectivity index (χ0n) is 14.4. The van der Waals surface area contributed by atoms with Gasteiger partial charge in [0.15, 0.2) is 5.76 Å². The molecule has 1 atom stereocenters. The molecule has 0 aromatic carbocycles. The first-order valence-corrected chi connectivity index (χ1v) is 11.0. The van der Waals surface area contributed by atoms with Crippen molar-refractivity contribution < 1.29 is 22.0 Å². The fourth-order valence-corrected chi connectivity index (χ4v) is 6.24. The van der Waals surface area contributed by atoms with Crippen molar-refractivity contribution in [3.63, 3.8) is 0 Å². The maximum absolute atomic E-state index is 13.0. The average Bonchev–Trinajstić information content (AvgIpc) is 3.43. The summed E-state index contributed by atoms with van der Waals surface area (Å²) in [5.41, 5.74) is 0. The van der Waals surface area contributed by atoms with Gasteiger partial charge in [-0.05, 0) is 37.1 Å². The van der Waals surface area contributed by atoms with Crippen molar-refractivity contribution in [2.24, 2.45) is 0 Å². The van der Waals surface area contributed by atoms with Gasteiger partial charge in [-0.15, -0.1) is 16.4 Å². The van der Waals surface area contributed by atoms with Crippen molar-refractivity contribution >= 4 is 44.9 Å². The van der Waals surface area contributed by atoms with Crippen molar-refractivity contribution in [1.82, 2.24) is 14.5 Å². The van der Waals surface area contributed by atoms with E-state index in [2.05, 4.69) is 15.5 Å². The third-order valence-electron chi connectivity index (χ3n) is 4.25. The molecule has 1 aliphatic heterocycles. The van der Waals surface area contributed by atoms with Gasteiger partial charge in [0.2, 0.25) is 5.91 Å². The second-order valence-electron chi connectivity index (χ2n) is 6.06. The molecule has 12 heteroatoms. The SMILES string of the molecule is O=C(Nc1nnc(-c2ccco2)o1)[C@H]1CCCCN1S(=O)(=O)c1ccc(Cl)s1. The first-order chi connectivity index (χ1) is 13.4. The molecule has 3 aromatic heterocycles. The molecule has 3 aromatic rings. The minimum atomic E-state index is -3.83. The number of nitrogens with zero attached hydrogens (tertiary/aromatic N) is 3. The molecular formula is C16H15ClN4O5S2. The second-order valence-corrected chi connectivity index (χ2v) is 9.90. The van der Waals surface area contributed by atoms with E-state index >= 15 is 0 Å². The maximum atomic E-state index is 13.0. The molecule has 4 rings (SSSR count). The Labute approximate surface area is 169 Å². The number of piperidine rings is 1. The number of furan rings is 1. The zero-order chi connectivity index (χ0) is 19.7. The van der Waals surface area contributed by atoms with Crippen molar-refractivity contribution in [1.29, 1.82) is 0 Å². The number of sulfonamides is 1. The van der Waals surface area contributed by atoms with Crippen LogP contribution in [0.5, 0.6) is 0 Å². The predicted molar refractivity (Wildman–Crippen MR) is 101 cm³/mol. The summed E-state index contributed by atoms with van der Waals surface area (Å²) in [5, 5.41) is 10.1. The molecule has 1 aliphatic rings. The molecule has 1 fully saturated rings. The van der Waals surface area contributed by atoms with Crippen molar-refractivity contribution in [2.45, 2.75) is 29.5 Å². The van der Waals surface area contributed by atoms with Gasteiger partial charge in [-0.25, -0.2) is 8.42 Å². The molecule has 4 heterocycles. The lowest BCUT2D eigenvalue weighted by atomic mass is 10.0. The van der Waals surface area contributed by atoms with Crippen LogP contribution < -0.4 is 5.32 Å². The summed E-state index contributed by atoms with van der Waals surface area (Å²) in [5.74, 6) is -0.0494. The number of anilines is 1. The van der Waals surface area contributed by atoms with Crippen LogP contribution in [0.1, 0.15) is 19.3 Å². The number of nitrogens with one attached hydrogen (secondary N) is 1. The van der Waals surface area contributed by atoms with Gasteiger partial charge >= 0.3 is 6.01 Å². The van der Waals surface area contributed by atoms with Crippen LogP contribution in [0.4, 0.5) is 6.01 Å². The molecule has 0 radical (unpaired) electrons. The lowest BCUT2D eigenvalue weighted by Crippen LogP contribution is -2.49. The first kappa shape index (κ1) is 19.1. The standard InChI is InChI=1S/C16H15ClN4O5S2/c17-12-6-7-13(27-12)28(23,24)21-8-2-1-4-10(21)14(22)18-16-20-19-15(26-16)11-5-3-9-25-11/h3,5-7,9-10H,1-2,4,8H2,(H,18,20,22)/t10-/m1/s1. The minimum absolute atomic E-state index is 0.107. The Bertz CT molecular complexity index is 1080. The molecular weight excluding hydrogens is 428 g/mol. The minimum Gasteiger partial charge on any atom is -0.459 e. The Morgan fingerprint density at radius 2 is 2.14 bits per heavy atom. The number of aromatic nitrogens is 2. The van der Waals surface area contributed by atoms with Gasteiger partial charge in [-0.1, -0.05) is 23.1 Å². The molecule has 1 saturated heterocycles. The Morgan fingerprint density at radius 3 is 2.86 bits per heavy atom. The number of hydrogen-bond donors (Lipinski definition) is 1. The number of hydrogen-bond acceptors (Lipinski definition) is 8. The Balaban J connectivity index is 1.53. The van der Waals surface area contributed by atoms with E-state index in [9.17, 15) is 13.2 Å². The van der Waals surface area contributed by atoms with Crippen LogP contribution in [0.15, 0.2) is 43.6 Å². The van der Waals surface area contributed by atoms with Crippen molar-refractivity contribution in [3.8, 4) is 11.7 Å². The third kappa shape index (κ3) is 3.70. The predicted octanol–water partition coefficient (Wildman–Crippen LogP) is 3.23. The van der Waals surface area contributed by atoms with Crippen LogP contribution in [0.2, 0.25) is 4.34 Å². The smallest absolute Gasteiger partial charge is 0.322 e. The van der Waals surface area contributed by atoms with Gasteiger partial charge in [-0.2, -0.15) is 4.31 Å². The van der Waals surface area contributed by atoms with Gasteiger partial charge in [0.25, 0.3) is 15.9 Å². The number of rotatable bonds is 5. The second kappa shape index (κ2) is 7.66. The van der Waals surface area contributed by atoms with E-state index in [1.54, 1.807) is 12.1 Å². The van der Waals surface area contributed by atoms with Crippen LogP contribution in [0, 0.1) is 0 Å². The van der Waals surface area contributed by atoms with Gasteiger partial charge in [0.1, 0.15) is 10.3 Å². The Kier molecular flexibility index (Phi) is 5.23. The summed E-state index contributed by atoms with van der Waals surface area (Å²) in [7, 11) is -3.83. The number of carbonyl (C=O) groups is 1. The largest absolute Gasteiger partial charge is 0.459 e. The van der Waals surface area contributed by atoms with E-state index < -0.39 is 22.0 Å². The van der Waals surface area contributed by atoms with Gasteiger partial charge in [-0.3, -0.25) is 10.1 Å². The Morgan fingerprint density at radius 1 is 1.29 bits per heavy atom. The topological polar surface area (TPSA) is 119 Å². The molecule has 0 unspecified atom stereocenters. The van der Waals surface area contributed by atoms with Crippen molar-refractivity contribution in [3.05, 3.63) is 34.9 Å². The monoisotopic (exact) mass is 442 g/mol. The quantitative estimate of drug-likeness (QED) is 0.644. The van der Waals surface area contributed by atoms with E-state index in [1.165, 1.54) is 22.7 Å². The van der Waals surface area contributed by atoms with Gasteiger partial charge in [0.05, 0.1) is 10.6 Å². The highest BCUT2D eigenvalue weighted by atomic mass is 35.5. The van der Waals surface area contributed by atoms with Gasteiger partial charge < -0.3 is 8.83 Å². The van der Waals surface area contributed by atoms with Crippen LogP contribution in [-0.4, -0.2) is 41.4 Å². The summed E-state index contributed by atoms with van der Waals surface area (Å²) in [4.78, 5) is 12.8. The van der Waals surface area contributed by atoms with E-state index in [4.69, 9.17) is 20.4 Å². The average molecular weight is 443 g/mol. The van der Waals surface area contributed by atoms with Crippen LogP contribution in [0.25, 0.3) is 11.7 Å². The first-order valence-electron chi connectivity index (χ1n) is 8.40. The summed E-state index contributed by atoms with van der Waals surface area (Å²) in [6.07, 6.45) is 3.25. The molecule has 1 N–H and O–H groups in total. The van der Waals surface area contributed by atoms with Gasteiger partial charge in [0, 0.05) is 6.54 Å². The van der Waals surface area contributed by atoms with E-state index in [0.29, 0.717) is 22.9 Å². The number of thiophene rings is 1. The lowest BCUT2D eigenvalue weighted by molar-refractivity contribution is -0.120. The fourth-order valence-electron chi connectivity index (χ4n) is 2.97. The molecule has 28 heavy (non-hydrogen) atoms. The number of halogens is 1. The zero-order valence-corrected chi connectivity index (χ0v) is 16.8. The molecule has 0 bridgehead atoms. The molecule has 0 aliphatic carbocycles. The van der Waals surface area contributed by atoms with Crippen molar-refractivity contribution in [2.75, 3.05) is 11.9 Å². The van der Waals surface area contributed by atoms with Crippen LogP contribution >= 0.6 is 22.9 Å². The summed E-state index contributed by atoms with van der Waals surface area (Å²) in [6, 6.07) is 5.27. The highest BCUT2D eigenvalue weighted by Crippen LogP contribution is 2.32. The number of carbonyl (C=O) groups excluding carboxylic acids is 1. The molecule has 0 saturated carbocycles. The lowest BCUT2D eigenvalue weighted by Gasteiger charge is -2.32. The molecule has 9 nitrogen and oxygen atoms in total. The highest BCUT2D eigenvalue weighted by Gasteiger charge is 2.38. The van der Waals surface area contributed by atoms with Crippen LogP contribution in [-0.2, 0) is 14.8 Å². The molecule has 0 spiro atoms. The number of amides is 1. The fraction of sp³-hybridized carbons (Fsp3) is 0.312. The summed E-state index contributed by atoms with van der Waals surface area (Å²) in [6.45, 7) is 0.247. The van der Waals surface area contributed by atoms with E-state index in [-0.39, 0.29) is 22.7 Å². The Hall–Kier alpha value is -2.21. The molecule has 148 valence electrons. The highest BCUT2D eigenvalue weighted by molar-refractivity contribution is 7.91. The normalized spacial score (nSPS) is 18.2. The summed E-state index contributed by atoms with van der Waals surface area (Å²) < 4.78 is 38.1. The van der Waals surface area contributed by atoms with Crippen LogP contribution in [0.3, 0.4) is 0 Å².